The number of carbonyl (C=O) groups excluding carboxylic acids is 1. The molecular formula is C21H23N7O3. The smallest absolute Gasteiger partial charge is 0.248 e. The van der Waals surface area contributed by atoms with E-state index in [1.807, 2.05) is 34.9 Å². The van der Waals surface area contributed by atoms with Crippen LogP contribution in [0.4, 0.5) is 11.9 Å². The van der Waals surface area contributed by atoms with Gasteiger partial charge in [-0.25, -0.2) is 9.97 Å². The second-order valence-corrected chi connectivity index (χ2v) is 6.87. The highest BCUT2D eigenvalue weighted by Crippen LogP contribution is 2.30. The highest BCUT2D eigenvalue weighted by Gasteiger charge is 2.16. The molecule has 0 bridgehead atoms. The van der Waals surface area contributed by atoms with E-state index in [0.29, 0.717) is 53.1 Å². The molecule has 0 aliphatic heterocycles. The third-order valence-corrected chi connectivity index (χ3v) is 5.06. The van der Waals surface area contributed by atoms with Gasteiger partial charge in [0, 0.05) is 18.7 Å². The lowest BCUT2D eigenvalue weighted by Gasteiger charge is -2.09. The molecule has 0 aliphatic carbocycles. The van der Waals surface area contributed by atoms with Crippen LogP contribution in [-0.2, 0) is 13.1 Å². The monoisotopic (exact) mass is 421 g/mol. The maximum atomic E-state index is 11.6. The first-order valence-corrected chi connectivity index (χ1v) is 9.51. The number of primary amides is 1. The van der Waals surface area contributed by atoms with Crippen LogP contribution in [0.3, 0.4) is 0 Å². The Labute approximate surface area is 177 Å². The Hall–Kier alpha value is -4.21. The van der Waals surface area contributed by atoms with Crippen molar-refractivity contribution in [3.05, 3.63) is 48.0 Å². The van der Waals surface area contributed by atoms with Gasteiger partial charge in [-0.05, 0) is 24.3 Å². The second kappa shape index (κ2) is 7.90. The Morgan fingerprint density at radius 2 is 1.52 bits per heavy atom. The van der Waals surface area contributed by atoms with Crippen LogP contribution in [0.5, 0.6) is 11.5 Å². The molecule has 160 valence electrons. The number of benzene rings is 2. The predicted octanol–water partition coefficient (Wildman–Crippen LogP) is 1.92. The predicted molar refractivity (Wildman–Crippen MR) is 119 cm³/mol. The highest BCUT2D eigenvalue weighted by molar-refractivity contribution is 5.98. The number of ether oxygens (including phenoxy) is 2. The van der Waals surface area contributed by atoms with Crippen molar-refractivity contribution in [2.24, 2.45) is 5.73 Å². The molecule has 0 unspecified atom stereocenters. The largest absolute Gasteiger partial charge is 0.494 e. The molecule has 0 fully saturated rings. The Balaban J connectivity index is 1.63. The van der Waals surface area contributed by atoms with Crippen LogP contribution < -0.4 is 26.7 Å². The first-order chi connectivity index (χ1) is 14.9. The molecular weight excluding hydrogens is 398 g/mol. The van der Waals surface area contributed by atoms with Gasteiger partial charge in [0.05, 0.1) is 25.3 Å². The van der Waals surface area contributed by atoms with Crippen LogP contribution in [0.25, 0.3) is 22.1 Å². The molecule has 0 radical (unpaired) electrons. The number of hydrogen-bond donors (Lipinski definition) is 3. The highest BCUT2D eigenvalue weighted by atomic mass is 16.5. The van der Waals surface area contributed by atoms with E-state index in [9.17, 15) is 4.79 Å². The average Bonchev–Trinajstić information content (AvgIpc) is 3.25. The molecule has 0 saturated carbocycles. The fourth-order valence-electron chi connectivity index (χ4n) is 3.61. The Kier molecular flexibility index (Phi) is 5.12. The third kappa shape index (κ3) is 3.48. The number of para-hydroxylation sites is 1. The molecule has 2 heterocycles. The summed E-state index contributed by atoms with van der Waals surface area (Å²) in [6, 6.07) is 8.81. The lowest BCUT2D eigenvalue weighted by atomic mass is 10.1. The van der Waals surface area contributed by atoms with Gasteiger partial charge >= 0.3 is 0 Å². The minimum absolute atomic E-state index is 0.300. The van der Waals surface area contributed by atoms with E-state index in [1.54, 1.807) is 23.8 Å². The molecule has 2 aromatic heterocycles. The van der Waals surface area contributed by atoms with E-state index in [4.69, 9.17) is 26.7 Å². The number of allylic oxidation sites excluding steroid dienone is 2. The Bertz CT molecular complexity index is 1320. The van der Waals surface area contributed by atoms with E-state index in [1.165, 1.54) is 7.11 Å². The zero-order valence-corrected chi connectivity index (χ0v) is 17.2. The summed E-state index contributed by atoms with van der Waals surface area (Å²) in [4.78, 5) is 20.3. The number of nitrogen functional groups attached to an aromatic ring is 2. The molecule has 1 amide bonds. The topological polar surface area (TPSA) is 149 Å². The zero-order valence-electron chi connectivity index (χ0n) is 17.2. The van der Waals surface area contributed by atoms with Crippen LogP contribution in [-0.4, -0.2) is 39.2 Å². The summed E-state index contributed by atoms with van der Waals surface area (Å²) in [5.74, 6) is 1.31. The van der Waals surface area contributed by atoms with E-state index < -0.39 is 5.91 Å². The standard InChI is InChI=1S/C21H23N7O3/c1-30-15-7-5-6-13-17(15)27(20(23)25-13)8-3-4-9-28-18-14(26-21(28)24)10-12(19(22)29)11-16(18)31-2/h3-7,10-11H,8-9H2,1-2H3,(H2,22,29)(H2,23,25)(H2,24,26)/b4-3+. The molecule has 6 N–H and O–H groups in total. The van der Waals surface area contributed by atoms with E-state index in [0.717, 1.165) is 11.0 Å². The van der Waals surface area contributed by atoms with Gasteiger partial charge in [-0.15, -0.1) is 0 Å². The molecule has 2 aromatic carbocycles. The maximum Gasteiger partial charge on any atom is 0.248 e. The summed E-state index contributed by atoms with van der Waals surface area (Å²) in [6.07, 6.45) is 3.90. The summed E-state index contributed by atoms with van der Waals surface area (Å²) >= 11 is 0. The number of methoxy groups -OCH3 is 2. The molecule has 0 aliphatic rings. The SMILES string of the molecule is COc1cccc2nc(N)n(C/C=C/Cn3c(N)nc4cc(C(N)=O)cc(OC)c43)c12. The number of anilines is 2. The normalized spacial score (nSPS) is 11.5. The van der Waals surface area contributed by atoms with Crippen LogP contribution in [0.15, 0.2) is 42.5 Å². The van der Waals surface area contributed by atoms with Crippen molar-refractivity contribution >= 4 is 39.9 Å². The molecule has 0 atom stereocenters. The van der Waals surface area contributed by atoms with Crippen molar-refractivity contribution in [2.75, 3.05) is 25.7 Å². The lowest BCUT2D eigenvalue weighted by molar-refractivity contribution is 0.1000. The van der Waals surface area contributed by atoms with Crippen molar-refractivity contribution in [2.45, 2.75) is 13.1 Å². The molecule has 31 heavy (non-hydrogen) atoms. The number of rotatable bonds is 7. The number of amides is 1. The summed E-state index contributed by atoms with van der Waals surface area (Å²) in [5.41, 5.74) is 20.7. The van der Waals surface area contributed by atoms with Crippen molar-refractivity contribution in [3.63, 3.8) is 0 Å². The van der Waals surface area contributed by atoms with Gasteiger partial charge in [-0.2, -0.15) is 0 Å². The Morgan fingerprint density at radius 3 is 2.10 bits per heavy atom. The number of nitrogens with zero attached hydrogens (tertiary/aromatic N) is 4. The lowest BCUT2D eigenvalue weighted by Crippen LogP contribution is -2.11. The second-order valence-electron chi connectivity index (χ2n) is 6.87. The van der Waals surface area contributed by atoms with Crippen molar-refractivity contribution in [1.82, 2.24) is 19.1 Å². The molecule has 4 aromatic rings. The van der Waals surface area contributed by atoms with Crippen molar-refractivity contribution < 1.29 is 14.3 Å². The molecule has 4 rings (SSSR count). The minimum Gasteiger partial charge on any atom is -0.494 e. The van der Waals surface area contributed by atoms with E-state index >= 15 is 0 Å². The van der Waals surface area contributed by atoms with Gasteiger partial charge in [0.1, 0.15) is 22.5 Å². The van der Waals surface area contributed by atoms with Gasteiger partial charge < -0.3 is 35.8 Å². The van der Waals surface area contributed by atoms with Gasteiger partial charge in [-0.3, -0.25) is 4.79 Å². The zero-order chi connectivity index (χ0) is 22.1. The van der Waals surface area contributed by atoms with Crippen LogP contribution in [0, 0.1) is 0 Å². The number of fused-ring (bicyclic) bond motifs is 2. The van der Waals surface area contributed by atoms with Gasteiger partial charge in [-0.1, -0.05) is 18.2 Å². The first kappa shape index (κ1) is 20.1. The summed E-state index contributed by atoms with van der Waals surface area (Å²) in [5, 5.41) is 0. The first-order valence-electron chi connectivity index (χ1n) is 9.51. The summed E-state index contributed by atoms with van der Waals surface area (Å²) < 4.78 is 14.6. The third-order valence-electron chi connectivity index (χ3n) is 5.06. The average molecular weight is 421 g/mol. The number of carbonyl (C=O) groups is 1. The summed E-state index contributed by atoms with van der Waals surface area (Å²) in [6.45, 7) is 0.941. The van der Waals surface area contributed by atoms with Gasteiger partial charge in [0.2, 0.25) is 17.8 Å². The van der Waals surface area contributed by atoms with Crippen molar-refractivity contribution in [1.29, 1.82) is 0 Å². The number of aromatic nitrogens is 4. The van der Waals surface area contributed by atoms with Crippen LogP contribution in [0.2, 0.25) is 0 Å². The number of hydrogen-bond acceptors (Lipinski definition) is 7. The quantitative estimate of drug-likeness (QED) is 0.386. The van der Waals surface area contributed by atoms with Crippen LogP contribution in [0.1, 0.15) is 10.4 Å². The molecule has 10 heteroatoms. The minimum atomic E-state index is -0.561. The Morgan fingerprint density at radius 1 is 0.935 bits per heavy atom. The molecule has 10 nitrogen and oxygen atoms in total. The van der Waals surface area contributed by atoms with Crippen molar-refractivity contribution in [3.8, 4) is 11.5 Å². The van der Waals surface area contributed by atoms with Crippen LogP contribution >= 0.6 is 0 Å². The van der Waals surface area contributed by atoms with Gasteiger partial charge in [0.15, 0.2) is 0 Å². The molecule has 0 spiro atoms. The van der Waals surface area contributed by atoms with E-state index in [2.05, 4.69) is 9.97 Å². The fraction of sp³-hybridized carbons (Fsp3) is 0.190. The van der Waals surface area contributed by atoms with Gasteiger partial charge in [0.25, 0.3) is 0 Å². The maximum absolute atomic E-state index is 11.6. The number of nitrogens with two attached hydrogens (primary N) is 3. The van der Waals surface area contributed by atoms with E-state index in [-0.39, 0.29) is 0 Å². The summed E-state index contributed by atoms with van der Waals surface area (Å²) in [7, 11) is 3.13. The number of imidazole rings is 2. The molecule has 0 saturated heterocycles. The fourth-order valence-corrected chi connectivity index (χ4v) is 3.61.